The Morgan fingerprint density at radius 2 is 2.21 bits per heavy atom. The van der Waals surface area contributed by atoms with Crippen molar-refractivity contribution in [1.82, 2.24) is 14.9 Å². The summed E-state index contributed by atoms with van der Waals surface area (Å²) in [5.41, 5.74) is 0.917. The number of nitro groups is 1. The Kier molecular flexibility index (Phi) is 3.76. The van der Waals surface area contributed by atoms with Crippen molar-refractivity contribution in [2.24, 2.45) is 7.05 Å². The molecule has 2 rings (SSSR count). The van der Waals surface area contributed by atoms with E-state index in [1.165, 1.54) is 10.9 Å². The van der Waals surface area contributed by atoms with Gasteiger partial charge in [0.1, 0.15) is 5.75 Å². The average molecular weight is 262 g/mol. The van der Waals surface area contributed by atoms with E-state index in [1.54, 1.807) is 13.1 Å². The van der Waals surface area contributed by atoms with Gasteiger partial charge in [-0.15, -0.1) is 0 Å². The second kappa shape index (κ2) is 5.49. The molecule has 1 aromatic heterocycles. The van der Waals surface area contributed by atoms with Crippen molar-refractivity contribution in [2.45, 2.75) is 6.54 Å². The number of aromatic nitrogens is 2. The lowest BCUT2D eigenvalue weighted by Crippen LogP contribution is -2.07. The van der Waals surface area contributed by atoms with E-state index in [1.807, 2.05) is 25.2 Å². The van der Waals surface area contributed by atoms with Gasteiger partial charge in [0.2, 0.25) is 6.33 Å². The van der Waals surface area contributed by atoms with Gasteiger partial charge in [0.15, 0.2) is 0 Å². The van der Waals surface area contributed by atoms with Gasteiger partial charge in [0.05, 0.1) is 0 Å². The van der Waals surface area contributed by atoms with Crippen LogP contribution in [0, 0.1) is 10.1 Å². The van der Waals surface area contributed by atoms with Crippen molar-refractivity contribution in [1.29, 1.82) is 0 Å². The highest BCUT2D eigenvalue weighted by molar-refractivity contribution is 5.41. The lowest BCUT2D eigenvalue weighted by molar-refractivity contribution is -0.390. The zero-order valence-corrected chi connectivity index (χ0v) is 10.7. The summed E-state index contributed by atoms with van der Waals surface area (Å²) in [4.78, 5) is 14.0. The number of aryl methyl sites for hydroxylation is 1. The molecule has 0 aliphatic carbocycles. The third kappa shape index (κ3) is 2.71. The molecule has 0 amide bonds. The summed E-state index contributed by atoms with van der Waals surface area (Å²) in [6.45, 7) is 0.613. The van der Waals surface area contributed by atoms with Gasteiger partial charge in [-0.05, 0) is 23.0 Å². The molecule has 0 aliphatic heterocycles. The molecule has 0 radical (unpaired) electrons. The maximum absolute atomic E-state index is 10.9. The molecule has 0 atom stereocenters. The molecule has 1 N–H and O–H groups in total. The third-order valence-electron chi connectivity index (χ3n) is 2.58. The monoisotopic (exact) mass is 262 g/mol. The smallest absolute Gasteiger partial charge is 0.427 e. The van der Waals surface area contributed by atoms with Gasteiger partial charge in [-0.1, -0.05) is 18.2 Å². The molecule has 7 heteroatoms. The molecule has 0 saturated carbocycles. The number of para-hydroxylation sites is 1. The Morgan fingerprint density at radius 3 is 2.89 bits per heavy atom. The van der Waals surface area contributed by atoms with Crippen molar-refractivity contribution in [3.05, 3.63) is 46.3 Å². The predicted molar refractivity (Wildman–Crippen MR) is 69.1 cm³/mol. The standard InChI is InChI=1S/C12H14N4O3/c1-13-7-9-5-3-4-6-10(9)19-12-11(16(17)18)14-8-15(12)2/h3-6,8,13H,7H2,1-2H3. The first-order chi connectivity index (χ1) is 9.13. The Labute approximate surface area is 110 Å². The fourth-order valence-electron chi connectivity index (χ4n) is 1.69. The van der Waals surface area contributed by atoms with E-state index in [0.717, 1.165) is 5.56 Å². The van der Waals surface area contributed by atoms with Crippen LogP contribution < -0.4 is 10.1 Å². The SMILES string of the molecule is CNCc1ccccc1Oc1c([N+](=O)[O-])ncn1C. The topological polar surface area (TPSA) is 82.2 Å². The lowest BCUT2D eigenvalue weighted by Gasteiger charge is -2.10. The maximum atomic E-state index is 10.9. The highest BCUT2D eigenvalue weighted by atomic mass is 16.6. The van der Waals surface area contributed by atoms with Gasteiger partial charge >= 0.3 is 11.7 Å². The van der Waals surface area contributed by atoms with E-state index in [9.17, 15) is 10.1 Å². The van der Waals surface area contributed by atoms with E-state index >= 15 is 0 Å². The summed E-state index contributed by atoms with van der Waals surface area (Å²) >= 11 is 0. The van der Waals surface area contributed by atoms with Gasteiger partial charge in [0, 0.05) is 19.2 Å². The van der Waals surface area contributed by atoms with Crippen LogP contribution in [0.2, 0.25) is 0 Å². The van der Waals surface area contributed by atoms with Crippen LogP contribution >= 0.6 is 0 Å². The minimum Gasteiger partial charge on any atom is -0.433 e. The summed E-state index contributed by atoms with van der Waals surface area (Å²) in [5.74, 6) is 0.402. The molecule has 0 spiro atoms. The highest BCUT2D eigenvalue weighted by Crippen LogP contribution is 2.31. The first-order valence-electron chi connectivity index (χ1n) is 5.69. The first-order valence-corrected chi connectivity index (χ1v) is 5.69. The summed E-state index contributed by atoms with van der Waals surface area (Å²) in [6, 6.07) is 7.37. The largest absolute Gasteiger partial charge is 0.433 e. The number of nitrogens with zero attached hydrogens (tertiary/aromatic N) is 3. The second-order valence-corrected chi connectivity index (χ2v) is 3.98. The van der Waals surface area contributed by atoms with E-state index in [0.29, 0.717) is 12.3 Å². The number of benzene rings is 1. The van der Waals surface area contributed by atoms with Crippen molar-refractivity contribution in [3.63, 3.8) is 0 Å². The van der Waals surface area contributed by atoms with Crippen LogP contribution in [0.5, 0.6) is 11.6 Å². The van der Waals surface area contributed by atoms with Gasteiger partial charge < -0.3 is 20.2 Å². The Morgan fingerprint density at radius 1 is 1.47 bits per heavy atom. The zero-order valence-electron chi connectivity index (χ0n) is 10.7. The molecule has 0 saturated heterocycles. The molecular weight excluding hydrogens is 248 g/mol. The van der Waals surface area contributed by atoms with Crippen LogP contribution in [0.1, 0.15) is 5.56 Å². The molecule has 0 bridgehead atoms. The lowest BCUT2D eigenvalue weighted by atomic mass is 10.2. The second-order valence-electron chi connectivity index (χ2n) is 3.98. The maximum Gasteiger partial charge on any atom is 0.427 e. The number of imidazole rings is 1. The molecule has 7 nitrogen and oxygen atoms in total. The molecule has 100 valence electrons. The molecule has 0 fully saturated rings. The first kappa shape index (κ1) is 13.0. The number of ether oxygens (including phenoxy) is 1. The van der Waals surface area contributed by atoms with Crippen molar-refractivity contribution < 1.29 is 9.66 Å². The van der Waals surface area contributed by atoms with Crippen LogP contribution in [0.15, 0.2) is 30.6 Å². The van der Waals surface area contributed by atoms with E-state index < -0.39 is 4.92 Å². The van der Waals surface area contributed by atoms with Crippen LogP contribution in [0.3, 0.4) is 0 Å². The average Bonchev–Trinajstić information content (AvgIpc) is 2.74. The minimum atomic E-state index is -0.560. The van der Waals surface area contributed by atoms with Crippen LogP contribution in [0.4, 0.5) is 5.82 Å². The van der Waals surface area contributed by atoms with Gasteiger partial charge in [-0.2, -0.15) is 0 Å². The Balaban J connectivity index is 2.36. The van der Waals surface area contributed by atoms with Crippen molar-refractivity contribution in [2.75, 3.05) is 7.05 Å². The molecule has 1 aromatic carbocycles. The van der Waals surface area contributed by atoms with Crippen LogP contribution in [0.25, 0.3) is 0 Å². The summed E-state index contributed by atoms with van der Waals surface area (Å²) in [5, 5.41) is 13.9. The number of hydrogen-bond donors (Lipinski definition) is 1. The minimum absolute atomic E-state index is 0.119. The van der Waals surface area contributed by atoms with Gasteiger partial charge in [0.25, 0.3) is 0 Å². The molecule has 0 aliphatic rings. The third-order valence-corrected chi connectivity index (χ3v) is 2.58. The van der Waals surface area contributed by atoms with Gasteiger partial charge in [-0.25, -0.2) is 0 Å². The summed E-state index contributed by atoms with van der Waals surface area (Å²) in [6.07, 6.45) is 1.36. The molecule has 19 heavy (non-hydrogen) atoms. The van der Waals surface area contributed by atoms with Crippen LogP contribution in [-0.2, 0) is 13.6 Å². The number of rotatable bonds is 5. The normalized spacial score (nSPS) is 10.4. The Hall–Kier alpha value is -2.41. The molecule has 0 unspecified atom stereocenters. The fourth-order valence-corrected chi connectivity index (χ4v) is 1.69. The molecule has 1 heterocycles. The van der Waals surface area contributed by atoms with E-state index in [4.69, 9.17) is 4.74 Å². The van der Waals surface area contributed by atoms with Crippen LogP contribution in [-0.4, -0.2) is 21.5 Å². The van der Waals surface area contributed by atoms with E-state index in [-0.39, 0.29) is 11.7 Å². The highest BCUT2D eigenvalue weighted by Gasteiger charge is 2.23. The van der Waals surface area contributed by atoms with E-state index in [2.05, 4.69) is 10.3 Å². The fraction of sp³-hybridized carbons (Fsp3) is 0.250. The predicted octanol–water partition coefficient (Wildman–Crippen LogP) is 1.84. The Bertz CT molecular complexity index is 594. The summed E-state index contributed by atoms with van der Waals surface area (Å²) < 4.78 is 7.12. The quantitative estimate of drug-likeness (QED) is 0.656. The number of nitrogens with one attached hydrogen (secondary N) is 1. The van der Waals surface area contributed by atoms with Crippen molar-refractivity contribution in [3.8, 4) is 11.6 Å². The summed E-state index contributed by atoms with van der Waals surface area (Å²) in [7, 11) is 3.47. The number of hydrogen-bond acceptors (Lipinski definition) is 5. The molecule has 2 aromatic rings. The van der Waals surface area contributed by atoms with Gasteiger partial charge in [-0.3, -0.25) is 4.57 Å². The van der Waals surface area contributed by atoms with Crippen molar-refractivity contribution >= 4 is 5.82 Å². The molecular formula is C12H14N4O3. The zero-order chi connectivity index (χ0) is 13.8.